The standard InChI is InChI=1S/C12H16N2O5S/c1-20(16,17)14(6-2-3-12(13)15)9-4-5-10-11(7-9)19-8-18-10/h4-5,7H,2-3,6,8H2,1H3,(H2,13,15). The van der Waals surface area contributed by atoms with Gasteiger partial charge in [-0.05, 0) is 18.6 Å². The lowest BCUT2D eigenvalue weighted by molar-refractivity contribution is -0.118. The van der Waals surface area contributed by atoms with Gasteiger partial charge in [0.1, 0.15) is 0 Å². The minimum absolute atomic E-state index is 0.124. The Bertz CT molecular complexity index is 614. The molecule has 1 heterocycles. The molecule has 0 saturated heterocycles. The molecule has 110 valence electrons. The van der Waals surface area contributed by atoms with Crippen LogP contribution in [0.5, 0.6) is 11.5 Å². The fraction of sp³-hybridized carbons (Fsp3) is 0.417. The zero-order chi connectivity index (χ0) is 14.8. The van der Waals surface area contributed by atoms with Crippen molar-refractivity contribution < 1.29 is 22.7 Å². The van der Waals surface area contributed by atoms with Gasteiger partial charge in [-0.2, -0.15) is 0 Å². The number of benzene rings is 1. The summed E-state index contributed by atoms with van der Waals surface area (Å²) in [6.07, 6.45) is 1.61. The van der Waals surface area contributed by atoms with Crippen molar-refractivity contribution in [3.63, 3.8) is 0 Å². The smallest absolute Gasteiger partial charge is 0.232 e. The van der Waals surface area contributed by atoms with Gasteiger partial charge in [-0.25, -0.2) is 8.42 Å². The van der Waals surface area contributed by atoms with Crippen LogP contribution in [0.25, 0.3) is 0 Å². The minimum Gasteiger partial charge on any atom is -0.454 e. The molecule has 1 aromatic carbocycles. The number of sulfonamides is 1. The van der Waals surface area contributed by atoms with E-state index in [0.717, 1.165) is 6.26 Å². The van der Waals surface area contributed by atoms with Gasteiger partial charge >= 0.3 is 0 Å². The Morgan fingerprint density at radius 3 is 2.70 bits per heavy atom. The molecule has 2 rings (SSSR count). The molecule has 0 unspecified atom stereocenters. The van der Waals surface area contributed by atoms with Gasteiger partial charge in [0.05, 0.1) is 11.9 Å². The SMILES string of the molecule is CS(=O)(=O)N(CCCC(N)=O)c1ccc2c(c1)OCO2. The highest BCUT2D eigenvalue weighted by molar-refractivity contribution is 7.92. The van der Waals surface area contributed by atoms with E-state index in [1.807, 2.05) is 0 Å². The van der Waals surface area contributed by atoms with Gasteiger partial charge in [0, 0.05) is 19.0 Å². The Kier molecular flexibility index (Phi) is 4.03. The number of carbonyl (C=O) groups is 1. The number of hydrogen-bond donors (Lipinski definition) is 1. The molecule has 0 atom stereocenters. The molecule has 1 aliphatic heterocycles. The molecule has 0 radical (unpaired) electrons. The predicted molar refractivity (Wildman–Crippen MR) is 73.2 cm³/mol. The summed E-state index contributed by atoms with van der Waals surface area (Å²) in [5.74, 6) is 0.634. The first-order valence-corrected chi connectivity index (χ1v) is 7.88. The highest BCUT2D eigenvalue weighted by Gasteiger charge is 2.21. The van der Waals surface area contributed by atoms with Gasteiger partial charge in [-0.3, -0.25) is 9.10 Å². The molecule has 0 fully saturated rings. The summed E-state index contributed by atoms with van der Waals surface area (Å²) in [6, 6.07) is 4.90. The lowest BCUT2D eigenvalue weighted by Crippen LogP contribution is -2.31. The molecule has 1 aromatic rings. The van der Waals surface area contributed by atoms with Crippen LogP contribution in [0.15, 0.2) is 18.2 Å². The van der Waals surface area contributed by atoms with Crippen molar-refractivity contribution in [2.45, 2.75) is 12.8 Å². The second kappa shape index (κ2) is 5.58. The van der Waals surface area contributed by atoms with E-state index in [4.69, 9.17) is 15.2 Å². The molecule has 20 heavy (non-hydrogen) atoms. The van der Waals surface area contributed by atoms with E-state index in [0.29, 0.717) is 23.6 Å². The number of anilines is 1. The second-order valence-electron chi connectivity index (χ2n) is 4.44. The molecule has 0 aliphatic carbocycles. The highest BCUT2D eigenvalue weighted by Crippen LogP contribution is 2.36. The number of ether oxygens (including phenoxy) is 2. The number of rotatable bonds is 6. The summed E-state index contributed by atoms with van der Waals surface area (Å²) in [4.78, 5) is 10.7. The first kappa shape index (κ1) is 14.4. The van der Waals surface area contributed by atoms with Crippen molar-refractivity contribution in [1.82, 2.24) is 0 Å². The third-order valence-corrected chi connectivity index (χ3v) is 4.02. The van der Waals surface area contributed by atoms with Crippen LogP contribution in [0, 0.1) is 0 Å². The monoisotopic (exact) mass is 300 g/mol. The van der Waals surface area contributed by atoms with E-state index in [1.165, 1.54) is 4.31 Å². The number of nitrogens with zero attached hydrogens (tertiary/aromatic N) is 1. The first-order valence-electron chi connectivity index (χ1n) is 6.03. The van der Waals surface area contributed by atoms with Crippen LogP contribution in [0.2, 0.25) is 0 Å². The maximum Gasteiger partial charge on any atom is 0.232 e. The van der Waals surface area contributed by atoms with E-state index < -0.39 is 15.9 Å². The van der Waals surface area contributed by atoms with Crippen LogP contribution in [0.3, 0.4) is 0 Å². The summed E-state index contributed by atoms with van der Waals surface area (Å²) >= 11 is 0. The average molecular weight is 300 g/mol. The molecular weight excluding hydrogens is 284 g/mol. The zero-order valence-electron chi connectivity index (χ0n) is 11.0. The largest absolute Gasteiger partial charge is 0.454 e. The summed E-state index contributed by atoms with van der Waals surface area (Å²) in [5, 5.41) is 0. The van der Waals surface area contributed by atoms with E-state index in [1.54, 1.807) is 18.2 Å². The average Bonchev–Trinajstić information content (AvgIpc) is 2.79. The van der Waals surface area contributed by atoms with Crippen LogP contribution in [0.1, 0.15) is 12.8 Å². The molecule has 8 heteroatoms. The van der Waals surface area contributed by atoms with Crippen molar-refractivity contribution in [3.05, 3.63) is 18.2 Å². The van der Waals surface area contributed by atoms with Crippen LogP contribution in [-0.2, 0) is 14.8 Å². The van der Waals surface area contributed by atoms with Crippen molar-refractivity contribution >= 4 is 21.6 Å². The molecule has 7 nitrogen and oxygen atoms in total. The molecule has 0 saturated carbocycles. The van der Waals surface area contributed by atoms with Gasteiger partial charge in [-0.15, -0.1) is 0 Å². The second-order valence-corrected chi connectivity index (χ2v) is 6.35. The maximum absolute atomic E-state index is 11.8. The fourth-order valence-corrected chi connectivity index (χ4v) is 2.88. The number of nitrogens with two attached hydrogens (primary N) is 1. The Balaban J connectivity index is 2.20. The third kappa shape index (κ3) is 3.32. The zero-order valence-corrected chi connectivity index (χ0v) is 11.9. The summed E-state index contributed by atoms with van der Waals surface area (Å²) in [5.41, 5.74) is 5.53. The molecule has 1 amide bonds. The Labute approximate surface area is 117 Å². The first-order chi connectivity index (χ1) is 9.38. The number of fused-ring (bicyclic) bond motifs is 1. The van der Waals surface area contributed by atoms with Crippen molar-refractivity contribution in [3.8, 4) is 11.5 Å². The molecule has 1 aliphatic rings. The van der Waals surface area contributed by atoms with Crippen LogP contribution < -0.4 is 19.5 Å². The van der Waals surface area contributed by atoms with Crippen LogP contribution >= 0.6 is 0 Å². The van der Waals surface area contributed by atoms with Crippen LogP contribution in [0.4, 0.5) is 5.69 Å². The molecule has 0 spiro atoms. The Hall–Kier alpha value is -1.96. The summed E-state index contributed by atoms with van der Waals surface area (Å²) < 4.78 is 35.3. The van der Waals surface area contributed by atoms with Gasteiger partial charge in [0.25, 0.3) is 0 Å². The van der Waals surface area contributed by atoms with E-state index >= 15 is 0 Å². The fourth-order valence-electron chi connectivity index (χ4n) is 1.92. The number of hydrogen-bond acceptors (Lipinski definition) is 5. The van der Waals surface area contributed by atoms with Crippen LogP contribution in [-0.4, -0.2) is 33.9 Å². The number of amides is 1. The summed E-state index contributed by atoms with van der Waals surface area (Å²) in [7, 11) is -3.45. The molecule has 0 bridgehead atoms. The predicted octanol–water partition coefficient (Wildman–Crippen LogP) is 0.447. The maximum atomic E-state index is 11.8. The lowest BCUT2D eigenvalue weighted by Gasteiger charge is -2.22. The molecule has 0 aromatic heterocycles. The number of primary amides is 1. The van der Waals surface area contributed by atoms with Gasteiger partial charge < -0.3 is 15.2 Å². The third-order valence-electron chi connectivity index (χ3n) is 2.83. The molecular formula is C12H16N2O5S. The quantitative estimate of drug-likeness (QED) is 0.822. The summed E-state index contributed by atoms with van der Waals surface area (Å²) in [6.45, 7) is 0.306. The molecule has 2 N–H and O–H groups in total. The van der Waals surface area contributed by atoms with Gasteiger partial charge in [0.15, 0.2) is 11.5 Å². The highest BCUT2D eigenvalue weighted by atomic mass is 32.2. The van der Waals surface area contributed by atoms with Crippen molar-refractivity contribution in [2.24, 2.45) is 5.73 Å². The van der Waals surface area contributed by atoms with Gasteiger partial charge in [-0.1, -0.05) is 0 Å². The van der Waals surface area contributed by atoms with Crippen molar-refractivity contribution in [2.75, 3.05) is 23.9 Å². The number of carbonyl (C=O) groups excluding carboxylic acids is 1. The Morgan fingerprint density at radius 2 is 2.05 bits per heavy atom. The normalized spacial score (nSPS) is 13.2. The van der Waals surface area contributed by atoms with E-state index in [2.05, 4.69) is 0 Å². The van der Waals surface area contributed by atoms with E-state index in [9.17, 15) is 13.2 Å². The topological polar surface area (TPSA) is 98.9 Å². The van der Waals surface area contributed by atoms with Gasteiger partial charge in [0.2, 0.25) is 22.7 Å². The van der Waals surface area contributed by atoms with Crippen molar-refractivity contribution in [1.29, 1.82) is 0 Å². The minimum atomic E-state index is -3.45. The Morgan fingerprint density at radius 1 is 1.35 bits per heavy atom. The lowest BCUT2D eigenvalue weighted by atomic mass is 10.2. The van der Waals surface area contributed by atoms with E-state index in [-0.39, 0.29) is 19.8 Å².